The Labute approximate surface area is 242 Å². The average Bonchev–Trinajstić information content (AvgIpc) is 3.50. The molecule has 2 aliphatic carbocycles. The Kier molecular flexibility index (Phi) is 4.37. The fourth-order valence-corrected chi connectivity index (χ4v) is 7.55. The molecule has 0 aliphatic heterocycles. The number of aromatic nitrogens is 4. The van der Waals surface area contributed by atoms with Gasteiger partial charge in [0.25, 0.3) is 0 Å². The van der Waals surface area contributed by atoms with Crippen molar-refractivity contribution in [1.82, 2.24) is 19.1 Å². The number of hydrogen-bond donors (Lipinski definition) is 0. The highest BCUT2D eigenvalue weighted by atomic mass is 15.0. The highest BCUT2D eigenvalue weighted by molar-refractivity contribution is 6.12. The Morgan fingerprint density at radius 3 is 1.43 bits per heavy atom. The minimum Gasteiger partial charge on any atom is -0.308 e. The molecule has 0 spiro atoms. The molecule has 0 atom stereocenters. The third-order valence-electron chi connectivity index (χ3n) is 9.71. The molecule has 0 saturated heterocycles. The predicted molar refractivity (Wildman–Crippen MR) is 171 cm³/mol. The van der Waals surface area contributed by atoms with Gasteiger partial charge in [0.15, 0.2) is 0 Å². The molecule has 10 rings (SSSR count). The van der Waals surface area contributed by atoms with Gasteiger partial charge >= 0.3 is 0 Å². The second kappa shape index (κ2) is 8.17. The SMILES string of the molecule is c1cc(-c2cccc(-n3c4cnccc4c4c5c(ccc43)CC5)c2)cc(-n2c3cnccc3c3c4c(ccc32)CC4)c1. The summed E-state index contributed by atoms with van der Waals surface area (Å²) in [5.74, 6) is 0. The summed E-state index contributed by atoms with van der Waals surface area (Å²) in [6.07, 6.45) is 12.5. The van der Waals surface area contributed by atoms with E-state index in [-0.39, 0.29) is 0 Å². The number of aryl methyl sites for hydroxylation is 4. The van der Waals surface area contributed by atoms with Gasteiger partial charge in [0.1, 0.15) is 0 Å². The van der Waals surface area contributed by atoms with Gasteiger partial charge in [-0.15, -0.1) is 0 Å². The third-order valence-corrected chi connectivity index (χ3v) is 9.71. The molecule has 4 heterocycles. The summed E-state index contributed by atoms with van der Waals surface area (Å²) in [5, 5.41) is 5.36. The van der Waals surface area contributed by atoms with Crippen molar-refractivity contribution in [3.05, 3.63) is 132 Å². The molecule has 0 fully saturated rings. The Balaban J connectivity index is 1.16. The van der Waals surface area contributed by atoms with Crippen LogP contribution in [-0.4, -0.2) is 19.1 Å². The first-order valence-electron chi connectivity index (χ1n) is 14.8. The molecule has 4 aromatic carbocycles. The average molecular weight is 539 g/mol. The van der Waals surface area contributed by atoms with E-state index in [1.165, 1.54) is 78.8 Å². The number of benzene rings is 4. The smallest absolute Gasteiger partial charge is 0.0724 e. The molecule has 4 heteroatoms. The van der Waals surface area contributed by atoms with Gasteiger partial charge in [-0.2, -0.15) is 0 Å². The number of fused-ring (bicyclic) bond motifs is 10. The summed E-state index contributed by atoms with van der Waals surface area (Å²) in [5.41, 5.74) is 15.5. The summed E-state index contributed by atoms with van der Waals surface area (Å²) in [6, 6.07) is 31.4. The number of pyridine rings is 2. The van der Waals surface area contributed by atoms with Crippen molar-refractivity contribution >= 4 is 43.6 Å². The van der Waals surface area contributed by atoms with Crippen LogP contribution in [0.25, 0.3) is 66.1 Å². The van der Waals surface area contributed by atoms with Gasteiger partial charge in [0.05, 0.1) is 34.5 Å². The van der Waals surface area contributed by atoms with Crippen LogP contribution in [0.4, 0.5) is 0 Å². The minimum atomic E-state index is 1.15. The summed E-state index contributed by atoms with van der Waals surface area (Å²) < 4.78 is 4.78. The summed E-state index contributed by atoms with van der Waals surface area (Å²) in [7, 11) is 0. The Hall–Kier alpha value is -5.22. The number of hydrogen-bond acceptors (Lipinski definition) is 2. The molecule has 2 aliphatic rings. The van der Waals surface area contributed by atoms with Gasteiger partial charge in [-0.1, -0.05) is 36.4 Å². The molecule has 0 amide bonds. The standard InChI is InChI=1S/C38H26N4/c1-3-25(19-27(5-1)41-33-13-9-23-7-11-29(23)37(33)31-15-17-39-21-35(31)41)26-4-2-6-28(20-26)42-34-14-10-24-8-12-30(24)38(34)32-16-18-40-22-36(32)42/h1-6,9-10,13-22H,7-8,11-12H2. The van der Waals surface area contributed by atoms with Crippen molar-refractivity contribution in [2.75, 3.05) is 0 Å². The molecule has 0 saturated carbocycles. The number of nitrogens with zero attached hydrogens (tertiary/aromatic N) is 4. The summed E-state index contributed by atoms with van der Waals surface area (Å²) in [4.78, 5) is 9.04. The topological polar surface area (TPSA) is 35.6 Å². The van der Waals surface area contributed by atoms with Gasteiger partial charge in [-0.05, 0) is 108 Å². The maximum atomic E-state index is 4.52. The van der Waals surface area contributed by atoms with E-state index in [9.17, 15) is 0 Å². The third kappa shape index (κ3) is 2.91. The Morgan fingerprint density at radius 1 is 0.476 bits per heavy atom. The van der Waals surface area contributed by atoms with E-state index in [0.29, 0.717) is 0 Å². The molecule has 0 bridgehead atoms. The fraction of sp³-hybridized carbons (Fsp3) is 0.105. The Bertz CT molecular complexity index is 2250. The highest BCUT2D eigenvalue weighted by Crippen LogP contribution is 2.41. The van der Waals surface area contributed by atoms with Crippen LogP contribution in [0, 0.1) is 0 Å². The molecule has 0 radical (unpaired) electrons. The van der Waals surface area contributed by atoms with Crippen molar-refractivity contribution in [1.29, 1.82) is 0 Å². The normalized spacial score (nSPS) is 13.8. The van der Waals surface area contributed by atoms with Gasteiger partial charge in [-0.3, -0.25) is 9.97 Å². The predicted octanol–water partition coefficient (Wildman–Crippen LogP) is 8.54. The van der Waals surface area contributed by atoms with Gasteiger partial charge in [0.2, 0.25) is 0 Å². The lowest BCUT2D eigenvalue weighted by atomic mass is 9.85. The molecule has 0 N–H and O–H groups in total. The van der Waals surface area contributed by atoms with Crippen molar-refractivity contribution < 1.29 is 0 Å². The van der Waals surface area contributed by atoms with Crippen LogP contribution < -0.4 is 0 Å². The maximum Gasteiger partial charge on any atom is 0.0724 e. The van der Waals surface area contributed by atoms with E-state index in [1.54, 1.807) is 0 Å². The first kappa shape index (κ1) is 22.5. The molecule has 0 unspecified atom stereocenters. The van der Waals surface area contributed by atoms with Gasteiger partial charge < -0.3 is 9.13 Å². The van der Waals surface area contributed by atoms with Crippen molar-refractivity contribution in [3.63, 3.8) is 0 Å². The first-order chi connectivity index (χ1) is 20.8. The van der Waals surface area contributed by atoms with Crippen LogP contribution in [0.5, 0.6) is 0 Å². The lowest BCUT2D eigenvalue weighted by Crippen LogP contribution is -2.08. The lowest BCUT2D eigenvalue weighted by Gasteiger charge is -2.20. The molecule has 4 nitrogen and oxygen atoms in total. The van der Waals surface area contributed by atoms with E-state index in [1.807, 2.05) is 24.8 Å². The molecular formula is C38H26N4. The van der Waals surface area contributed by atoms with Crippen LogP contribution in [0.2, 0.25) is 0 Å². The van der Waals surface area contributed by atoms with Crippen LogP contribution in [0.15, 0.2) is 110 Å². The second-order valence-corrected chi connectivity index (χ2v) is 11.8. The zero-order chi connectivity index (χ0) is 27.4. The van der Waals surface area contributed by atoms with Crippen LogP contribution in [0.3, 0.4) is 0 Å². The van der Waals surface area contributed by atoms with E-state index in [4.69, 9.17) is 0 Å². The summed E-state index contributed by atoms with van der Waals surface area (Å²) >= 11 is 0. The molecular weight excluding hydrogens is 512 g/mol. The van der Waals surface area contributed by atoms with Gasteiger partial charge in [0, 0.05) is 45.3 Å². The highest BCUT2D eigenvalue weighted by Gasteiger charge is 2.23. The zero-order valence-corrected chi connectivity index (χ0v) is 23.0. The quantitative estimate of drug-likeness (QED) is 0.226. The fourth-order valence-electron chi connectivity index (χ4n) is 7.55. The molecule has 42 heavy (non-hydrogen) atoms. The van der Waals surface area contributed by atoms with E-state index >= 15 is 0 Å². The van der Waals surface area contributed by atoms with E-state index < -0.39 is 0 Å². The van der Waals surface area contributed by atoms with Crippen LogP contribution in [-0.2, 0) is 25.7 Å². The number of rotatable bonds is 3. The summed E-state index contributed by atoms with van der Waals surface area (Å²) in [6.45, 7) is 0. The molecule has 198 valence electrons. The van der Waals surface area contributed by atoms with Crippen LogP contribution >= 0.6 is 0 Å². The van der Waals surface area contributed by atoms with Crippen molar-refractivity contribution in [3.8, 4) is 22.5 Å². The minimum absolute atomic E-state index is 1.15. The molecule has 4 aromatic heterocycles. The van der Waals surface area contributed by atoms with E-state index in [0.717, 1.165) is 35.2 Å². The van der Waals surface area contributed by atoms with E-state index in [2.05, 4.69) is 104 Å². The Morgan fingerprint density at radius 2 is 0.976 bits per heavy atom. The van der Waals surface area contributed by atoms with Crippen LogP contribution in [0.1, 0.15) is 22.3 Å². The van der Waals surface area contributed by atoms with Crippen molar-refractivity contribution in [2.24, 2.45) is 0 Å². The zero-order valence-electron chi connectivity index (χ0n) is 23.0. The monoisotopic (exact) mass is 538 g/mol. The lowest BCUT2D eigenvalue weighted by molar-refractivity contribution is 0.852. The second-order valence-electron chi connectivity index (χ2n) is 11.8. The van der Waals surface area contributed by atoms with Crippen molar-refractivity contribution in [2.45, 2.75) is 25.7 Å². The largest absolute Gasteiger partial charge is 0.308 e. The van der Waals surface area contributed by atoms with Gasteiger partial charge in [-0.25, -0.2) is 0 Å². The first-order valence-corrected chi connectivity index (χ1v) is 14.8. The molecule has 8 aromatic rings. The maximum absolute atomic E-state index is 4.52.